The van der Waals surface area contributed by atoms with Crippen LogP contribution in [0, 0.1) is 11.8 Å². The summed E-state index contributed by atoms with van der Waals surface area (Å²) < 4.78 is 5.61. The second-order valence-electron chi connectivity index (χ2n) is 5.79. The predicted molar refractivity (Wildman–Crippen MR) is 79.5 cm³/mol. The summed E-state index contributed by atoms with van der Waals surface area (Å²) in [5.41, 5.74) is 0. The molecule has 0 aromatic rings. The van der Waals surface area contributed by atoms with Crippen LogP contribution in [0.2, 0.25) is 0 Å². The molecule has 110 valence electrons. The van der Waals surface area contributed by atoms with Crippen LogP contribution in [0.25, 0.3) is 0 Å². The van der Waals surface area contributed by atoms with Crippen LogP contribution in [-0.2, 0) is 4.74 Å². The molecule has 2 N–H and O–H groups in total. The van der Waals surface area contributed by atoms with E-state index >= 15 is 0 Å². The minimum absolute atomic E-state index is 0.849. The van der Waals surface area contributed by atoms with E-state index in [1.165, 1.54) is 32.1 Å². The Balaban J connectivity index is 1.49. The molecule has 0 atom stereocenters. The Morgan fingerprint density at radius 2 is 1.95 bits per heavy atom. The molecule has 2 aliphatic rings. The minimum atomic E-state index is 0.849. The summed E-state index contributed by atoms with van der Waals surface area (Å²) in [5.74, 6) is 2.81. The van der Waals surface area contributed by atoms with E-state index in [0.29, 0.717) is 0 Å². The van der Waals surface area contributed by atoms with Crippen molar-refractivity contribution in [1.82, 2.24) is 10.6 Å². The fourth-order valence-electron chi connectivity index (χ4n) is 2.03. The standard InChI is InChI=1S/C15H29N3O/c1-2-16-15(18-10-8-13-4-5-13)17-9-3-11-19-12-14-6-7-14/h13-14H,2-12H2,1H3,(H2,16,17,18). The van der Waals surface area contributed by atoms with Crippen molar-refractivity contribution in [1.29, 1.82) is 0 Å². The first-order valence-corrected chi connectivity index (χ1v) is 7.98. The summed E-state index contributed by atoms with van der Waals surface area (Å²) in [5, 5.41) is 6.70. The van der Waals surface area contributed by atoms with Crippen molar-refractivity contribution in [3.63, 3.8) is 0 Å². The molecule has 0 spiro atoms. The lowest BCUT2D eigenvalue weighted by Crippen LogP contribution is -2.38. The first kappa shape index (κ1) is 14.6. The molecule has 0 heterocycles. The number of hydrogen-bond acceptors (Lipinski definition) is 2. The molecule has 0 aromatic heterocycles. The zero-order valence-corrected chi connectivity index (χ0v) is 12.3. The fourth-order valence-corrected chi connectivity index (χ4v) is 2.03. The van der Waals surface area contributed by atoms with Crippen molar-refractivity contribution < 1.29 is 4.74 Å². The maximum absolute atomic E-state index is 5.61. The van der Waals surface area contributed by atoms with Gasteiger partial charge in [0.1, 0.15) is 0 Å². The van der Waals surface area contributed by atoms with Gasteiger partial charge in [-0.15, -0.1) is 0 Å². The normalized spacial score (nSPS) is 19.5. The van der Waals surface area contributed by atoms with Crippen molar-refractivity contribution in [2.24, 2.45) is 16.8 Å². The van der Waals surface area contributed by atoms with Crippen LogP contribution in [0.4, 0.5) is 0 Å². The Kier molecular flexibility index (Phi) is 6.48. The smallest absolute Gasteiger partial charge is 0.191 e. The van der Waals surface area contributed by atoms with Gasteiger partial charge < -0.3 is 15.4 Å². The van der Waals surface area contributed by atoms with Gasteiger partial charge in [-0.3, -0.25) is 4.99 Å². The van der Waals surface area contributed by atoms with Gasteiger partial charge in [-0.2, -0.15) is 0 Å². The molecular weight excluding hydrogens is 238 g/mol. The highest BCUT2D eigenvalue weighted by atomic mass is 16.5. The molecule has 0 aromatic carbocycles. The van der Waals surface area contributed by atoms with E-state index in [0.717, 1.165) is 57.1 Å². The van der Waals surface area contributed by atoms with E-state index in [1.54, 1.807) is 0 Å². The molecular formula is C15H29N3O. The van der Waals surface area contributed by atoms with Crippen LogP contribution >= 0.6 is 0 Å². The number of hydrogen-bond donors (Lipinski definition) is 2. The van der Waals surface area contributed by atoms with Crippen LogP contribution in [0.15, 0.2) is 4.99 Å². The van der Waals surface area contributed by atoms with E-state index < -0.39 is 0 Å². The lowest BCUT2D eigenvalue weighted by atomic mass is 10.3. The molecule has 2 aliphatic carbocycles. The van der Waals surface area contributed by atoms with E-state index in [-0.39, 0.29) is 0 Å². The van der Waals surface area contributed by atoms with Crippen LogP contribution in [0.5, 0.6) is 0 Å². The molecule has 4 nitrogen and oxygen atoms in total. The van der Waals surface area contributed by atoms with E-state index in [2.05, 4.69) is 22.5 Å². The zero-order chi connectivity index (χ0) is 13.3. The summed E-state index contributed by atoms with van der Waals surface area (Å²) in [6.07, 6.45) is 7.89. The topological polar surface area (TPSA) is 45.7 Å². The number of nitrogens with zero attached hydrogens (tertiary/aromatic N) is 1. The second-order valence-corrected chi connectivity index (χ2v) is 5.79. The van der Waals surface area contributed by atoms with Crippen molar-refractivity contribution in [2.75, 3.05) is 32.8 Å². The number of guanidine groups is 1. The molecule has 0 radical (unpaired) electrons. The lowest BCUT2D eigenvalue weighted by Gasteiger charge is -2.11. The van der Waals surface area contributed by atoms with Gasteiger partial charge in [-0.05, 0) is 44.4 Å². The van der Waals surface area contributed by atoms with Crippen molar-refractivity contribution in [3.8, 4) is 0 Å². The number of rotatable bonds is 10. The highest BCUT2D eigenvalue weighted by molar-refractivity contribution is 5.79. The Labute approximate surface area is 117 Å². The number of aliphatic imine (C=N–C) groups is 1. The van der Waals surface area contributed by atoms with Gasteiger partial charge in [0.05, 0.1) is 0 Å². The first-order chi connectivity index (χ1) is 9.38. The second kappa shape index (κ2) is 8.41. The summed E-state index contributed by atoms with van der Waals surface area (Å²) in [4.78, 5) is 4.58. The summed E-state index contributed by atoms with van der Waals surface area (Å²) >= 11 is 0. The highest BCUT2D eigenvalue weighted by Crippen LogP contribution is 2.31. The number of ether oxygens (including phenoxy) is 1. The Morgan fingerprint density at radius 3 is 2.63 bits per heavy atom. The third-order valence-corrected chi connectivity index (χ3v) is 3.65. The maximum atomic E-state index is 5.61. The largest absolute Gasteiger partial charge is 0.381 e. The summed E-state index contributed by atoms with van der Waals surface area (Å²) in [6.45, 7) is 6.74. The average Bonchev–Trinajstić information content (AvgIpc) is 3.26. The first-order valence-electron chi connectivity index (χ1n) is 7.98. The van der Waals surface area contributed by atoms with E-state index in [1.807, 2.05) is 0 Å². The van der Waals surface area contributed by atoms with E-state index in [9.17, 15) is 0 Å². The maximum Gasteiger partial charge on any atom is 0.191 e. The zero-order valence-electron chi connectivity index (χ0n) is 12.3. The molecule has 4 heteroatoms. The SMILES string of the molecule is CCNC(=NCCCOCC1CC1)NCCC1CC1. The quantitative estimate of drug-likeness (QED) is 0.362. The third-order valence-electron chi connectivity index (χ3n) is 3.65. The summed E-state index contributed by atoms with van der Waals surface area (Å²) in [6, 6.07) is 0. The van der Waals surface area contributed by atoms with E-state index in [4.69, 9.17) is 4.74 Å². The predicted octanol–water partition coefficient (Wildman–Crippen LogP) is 2.16. The van der Waals surface area contributed by atoms with Gasteiger partial charge in [0, 0.05) is 32.8 Å². The molecule has 2 saturated carbocycles. The molecule has 0 amide bonds. The highest BCUT2D eigenvalue weighted by Gasteiger charge is 2.21. The van der Waals surface area contributed by atoms with Crippen molar-refractivity contribution in [3.05, 3.63) is 0 Å². The molecule has 19 heavy (non-hydrogen) atoms. The Morgan fingerprint density at radius 1 is 1.16 bits per heavy atom. The Bertz CT molecular complexity index is 273. The van der Waals surface area contributed by atoms with Crippen LogP contribution in [0.1, 0.15) is 45.4 Å². The number of nitrogens with one attached hydrogen (secondary N) is 2. The van der Waals surface area contributed by atoms with Crippen molar-refractivity contribution in [2.45, 2.75) is 45.4 Å². The average molecular weight is 267 g/mol. The summed E-state index contributed by atoms with van der Waals surface area (Å²) in [7, 11) is 0. The van der Waals surface area contributed by atoms with Gasteiger partial charge in [-0.25, -0.2) is 0 Å². The van der Waals surface area contributed by atoms with Gasteiger partial charge in [-0.1, -0.05) is 12.8 Å². The van der Waals surface area contributed by atoms with Gasteiger partial charge >= 0.3 is 0 Å². The van der Waals surface area contributed by atoms with Gasteiger partial charge in [0.15, 0.2) is 5.96 Å². The molecule has 0 bridgehead atoms. The van der Waals surface area contributed by atoms with Crippen molar-refractivity contribution >= 4 is 5.96 Å². The third kappa shape index (κ3) is 7.41. The van der Waals surface area contributed by atoms with Crippen LogP contribution in [0.3, 0.4) is 0 Å². The van der Waals surface area contributed by atoms with Crippen LogP contribution in [-0.4, -0.2) is 38.8 Å². The van der Waals surface area contributed by atoms with Gasteiger partial charge in [0.25, 0.3) is 0 Å². The van der Waals surface area contributed by atoms with Gasteiger partial charge in [0.2, 0.25) is 0 Å². The van der Waals surface area contributed by atoms with Crippen LogP contribution < -0.4 is 10.6 Å². The molecule has 0 aliphatic heterocycles. The fraction of sp³-hybridized carbons (Fsp3) is 0.933. The monoisotopic (exact) mass is 267 g/mol. The minimum Gasteiger partial charge on any atom is -0.381 e. The molecule has 0 saturated heterocycles. The lowest BCUT2D eigenvalue weighted by molar-refractivity contribution is 0.123. The molecule has 2 rings (SSSR count). The molecule has 0 unspecified atom stereocenters. The Hall–Kier alpha value is -0.770. The molecule has 2 fully saturated rings.